The normalized spacial score (nSPS) is 20.4. The van der Waals surface area contributed by atoms with Crippen LogP contribution < -0.4 is 0 Å². The summed E-state index contributed by atoms with van der Waals surface area (Å²) in [6.07, 6.45) is 10.1. The van der Waals surface area contributed by atoms with Crippen LogP contribution in [0.4, 0.5) is 0 Å². The summed E-state index contributed by atoms with van der Waals surface area (Å²) in [5, 5.41) is 0.0423. The largest absolute Gasteiger partial charge is 0.518 e. The first kappa shape index (κ1) is 27.0. The molecule has 0 amide bonds. The monoisotopic (exact) mass is 472 g/mol. The lowest BCUT2D eigenvalue weighted by Crippen LogP contribution is -2.56. The van der Waals surface area contributed by atoms with E-state index in [1.54, 1.807) is 0 Å². The maximum Gasteiger partial charge on any atom is 0.501 e. The van der Waals surface area contributed by atoms with Gasteiger partial charge in [0.05, 0.1) is 5.92 Å². The lowest BCUT2D eigenvalue weighted by molar-refractivity contribution is -0.139. The minimum atomic E-state index is -2.89. The Morgan fingerprint density at radius 3 is 1.55 bits per heavy atom. The summed E-state index contributed by atoms with van der Waals surface area (Å²) < 4.78 is 24.9. The van der Waals surface area contributed by atoms with Gasteiger partial charge in [-0.25, -0.2) is 0 Å². The van der Waals surface area contributed by atoms with E-state index in [2.05, 4.69) is 20.8 Å². The molecule has 2 fully saturated rings. The van der Waals surface area contributed by atoms with Crippen LogP contribution in [0.5, 0.6) is 0 Å². The maximum atomic E-state index is 13.7. The predicted octanol–water partition coefficient (Wildman–Crippen LogP) is 6.85. The third-order valence-corrected chi connectivity index (χ3v) is 17.2. The highest BCUT2D eigenvalue weighted by molar-refractivity contribution is 6.80. The number of carbonyl (C=O) groups excluding carboxylic acids is 1. The van der Waals surface area contributed by atoms with Crippen molar-refractivity contribution in [3.05, 3.63) is 0 Å². The molecular formula is C24H48O5Si2. The molecule has 2 saturated carbocycles. The molecule has 1 unspecified atom stereocenters. The van der Waals surface area contributed by atoms with Crippen LogP contribution >= 0.6 is 0 Å². The molecule has 2 rings (SSSR count). The quantitative estimate of drug-likeness (QED) is 0.291. The van der Waals surface area contributed by atoms with E-state index in [9.17, 15) is 4.79 Å². The first-order valence-electron chi connectivity index (χ1n) is 12.8. The fourth-order valence-electron chi connectivity index (χ4n) is 6.27. The van der Waals surface area contributed by atoms with Crippen molar-refractivity contribution in [1.29, 1.82) is 0 Å². The topological polar surface area (TPSA) is 54.0 Å². The van der Waals surface area contributed by atoms with Crippen LogP contribution in [0, 0.1) is 5.92 Å². The SMILES string of the molecule is CCO[Si](CC(C)C(=O)O[Si](C1CCCC1)(C1CCCC1)C(C)(C)C)(OCC)OCC. The summed E-state index contributed by atoms with van der Waals surface area (Å²) in [4.78, 5) is 13.7. The van der Waals surface area contributed by atoms with Crippen molar-refractivity contribution in [3.63, 3.8) is 0 Å². The molecule has 0 radical (unpaired) electrons. The molecular weight excluding hydrogens is 424 g/mol. The van der Waals surface area contributed by atoms with E-state index in [1.165, 1.54) is 51.4 Å². The highest BCUT2D eigenvalue weighted by Gasteiger charge is 2.61. The molecule has 182 valence electrons. The van der Waals surface area contributed by atoms with E-state index in [-0.39, 0.29) is 16.9 Å². The minimum Gasteiger partial charge on any atom is -0.518 e. The molecule has 0 saturated heterocycles. The van der Waals surface area contributed by atoms with Gasteiger partial charge in [-0.2, -0.15) is 0 Å². The molecule has 0 heterocycles. The molecule has 0 N–H and O–H groups in total. The Kier molecular flexibility index (Phi) is 10.3. The van der Waals surface area contributed by atoms with Gasteiger partial charge >= 0.3 is 8.80 Å². The minimum absolute atomic E-state index is 0.0423. The lowest BCUT2D eigenvalue weighted by atomic mass is 10.2. The van der Waals surface area contributed by atoms with Gasteiger partial charge in [-0.3, -0.25) is 4.79 Å². The molecule has 0 spiro atoms. The van der Waals surface area contributed by atoms with Crippen LogP contribution in [-0.4, -0.2) is 42.9 Å². The van der Waals surface area contributed by atoms with Gasteiger partial charge in [-0.15, -0.1) is 0 Å². The molecule has 0 aromatic carbocycles. The Morgan fingerprint density at radius 1 is 0.839 bits per heavy atom. The number of rotatable bonds is 12. The fraction of sp³-hybridized carbons (Fsp3) is 0.958. The summed E-state index contributed by atoms with van der Waals surface area (Å²) in [5.41, 5.74) is 1.19. The summed E-state index contributed by atoms with van der Waals surface area (Å²) in [6.45, 7) is 16.5. The standard InChI is InChI=1S/C24H48O5Si2/c1-8-26-30(27-9-2,28-10-3)19-20(4)23(25)29-31(24(5,6)7,21-15-11-12-16-21)22-17-13-14-18-22/h20-22H,8-19H2,1-7H3. The zero-order valence-electron chi connectivity index (χ0n) is 21.3. The zero-order valence-corrected chi connectivity index (χ0v) is 23.3. The summed E-state index contributed by atoms with van der Waals surface area (Å²) in [6, 6.07) is 0.491. The molecule has 0 bridgehead atoms. The molecule has 0 aliphatic heterocycles. The third-order valence-electron chi connectivity index (χ3n) is 7.42. The fourth-order valence-corrected chi connectivity index (χ4v) is 15.9. The number of carbonyl (C=O) groups is 1. The number of hydrogen-bond acceptors (Lipinski definition) is 5. The second kappa shape index (κ2) is 11.8. The van der Waals surface area contributed by atoms with E-state index in [1.807, 2.05) is 27.7 Å². The summed E-state index contributed by atoms with van der Waals surface area (Å²) in [7, 11) is -5.24. The molecule has 31 heavy (non-hydrogen) atoms. The second-order valence-corrected chi connectivity index (χ2v) is 18.1. The van der Waals surface area contributed by atoms with Crippen LogP contribution in [0.15, 0.2) is 0 Å². The van der Waals surface area contributed by atoms with Gasteiger partial charge < -0.3 is 17.7 Å². The van der Waals surface area contributed by atoms with Gasteiger partial charge in [0.1, 0.15) is 0 Å². The molecule has 0 aromatic rings. The van der Waals surface area contributed by atoms with Gasteiger partial charge in [0.2, 0.25) is 0 Å². The predicted molar refractivity (Wildman–Crippen MR) is 131 cm³/mol. The van der Waals surface area contributed by atoms with Gasteiger partial charge in [0, 0.05) is 25.9 Å². The smallest absolute Gasteiger partial charge is 0.501 e. The van der Waals surface area contributed by atoms with Crippen molar-refractivity contribution in [2.45, 2.75) is 122 Å². The van der Waals surface area contributed by atoms with E-state index in [0.717, 1.165) is 0 Å². The average Bonchev–Trinajstić information content (AvgIpc) is 3.40. The highest BCUT2D eigenvalue weighted by Crippen LogP contribution is 2.60. The Hall–Kier alpha value is -0.216. The van der Waals surface area contributed by atoms with Gasteiger partial charge in [-0.1, -0.05) is 53.4 Å². The average molecular weight is 473 g/mol. The van der Waals surface area contributed by atoms with Crippen molar-refractivity contribution in [2.75, 3.05) is 19.8 Å². The van der Waals surface area contributed by atoms with Crippen LogP contribution in [0.3, 0.4) is 0 Å². The van der Waals surface area contributed by atoms with E-state index in [0.29, 0.717) is 36.9 Å². The van der Waals surface area contributed by atoms with E-state index >= 15 is 0 Å². The van der Waals surface area contributed by atoms with Crippen molar-refractivity contribution < 1.29 is 22.5 Å². The zero-order chi connectivity index (χ0) is 23.1. The van der Waals surface area contributed by atoms with Crippen LogP contribution in [0.2, 0.25) is 22.2 Å². The molecule has 2 aliphatic carbocycles. The maximum absolute atomic E-state index is 13.7. The first-order valence-corrected chi connectivity index (χ1v) is 16.8. The molecule has 2 aliphatic rings. The van der Waals surface area contributed by atoms with Crippen LogP contribution in [0.25, 0.3) is 0 Å². The third kappa shape index (κ3) is 6.22. The Balaban J connectivity index is 2.29. The van der Waals surface area contributed by atoms with Crippen LogP contribution in [-0.2, 0) is 22.5 Å². The van der Waals surface area contributed by atoms with Gasteiger partial charge in [0.25, 0.3) is 14.3 Å². The van der Waals surface area contributed by atoms with Crippen molar-refractivity contribution >= 4 is 23.1 Å². The second-order valence-electron chi connectivity index (χ2n) is 10.5. The first-order chi connectivity index (χ1) is 14.7. The van der Waals surface area contributed by atoms with Crippen LogP contribution in [0.1, 0.15) is 99.8 Å². The van der Waals surface area contributed by atoms with Crippen molar-refractivity contribution in [1.82, 2.24) is 0 Å². The summed E-state index contributed by atoms with van der Waals surface area (Å²) in [5.74, 6) is -0.329. The summed E-state index contributed by atoms with van der Waals surface area (Å²) >= 11 is 0. The molecule has 1 atom stereocenters. The van der Waals surface area contributed by atoms with Gasteiger partial charge in [0.15, 0.2) is 0 Å². The molecule has 7 heteroatoms. The lowest BCUT2D eigenvalue weighted by Gasteiger charge is -2.50. The molecule has 0 aromatic heterocycles. The van der Waals surface area contributed by atoms with Crippen molar-refractivity contribution in [2.24, 2.45) is 5.92 Å². The Labute approximate surface area is 193 Å². The Morgan fingerprint density at radius 2 is 1.23 bits per heavy atom. The molecule has 5 nitrogen and oxygen atoms in total. The highest BCUT2D eigenvalue weighted by atomic mass is 28.4. The van der Waals surface area contributed by atoms with Crippen molar-refractivity contribution in [3.8, 4) is 0 Å². The number of hydrogen-bond donors (Lipinski definition) is 0. The Bertz CT molecular complexity index is 518. The van der Waals surface area contributed by atoms with Gasteiger partial charge in [-0.05, 0) is 62.6 Å². The van der Waals surface area contributed by atoms with E-state index in [4.69, 9.17) is 17.7 Å². The van der Waals surface area contributed by atoms with E-state index < -0.39 is 17.1 Å².